The van der Waals surface area contributed by atoms with E-state index in [1.54, 1.807) is 10.9 Å². The monoisotopic (exact) mass is 398 g/mol. The van der Waals surface area contributed by atoms with Crippen LogP contribution in [0.3, 0.4) is 0 Å². The van der Waals surface area contributed by atoms with Gasteiger partial charge in [0.2, 0.25) is 0 Å². The minimum absolute atomic E-state index is 0.344. The van der Waals surface area contributed by atoms with Crippen molar-refractivity contribution < 1.29 is 8.78 Å². The van der Waals surface area contributed by atoms with Gasteiger partial charge in [-0.3, -0.25) is 4.68 Å². The average molecular weight is 399 g/mol. The fourth-order valence-corrected chi connectivity index (χ4v) is 2.08. The maximum Gasteiger partial charge on any atom is 0.137 e. The lowest BCUT2D eigenvalue weighted by molar-refractivity contribution is 0.574. The van der Waals surface area contributed by atoms with E-state index in [1.165, 1.54) is 12.1 Å². The smallest absolute Gasteiger partial charge is 0.137 e. The summed E-state index contributed by atoms with van der Waals surface area (Å²) in [6.07, 6.45) is 1.77. The van der Waals surface area contributed by atoms with Crippen molar-refractivity contribution in [3.05, 3.63) is 49.8 Å². The quantitative estimate of drug-likeness (QED) is 0.707. The Labute approximate surface area is 113 Å². The first-order chi connectivity index (χ1) is 7.54. The van der Waals surface area contributed by atoms with Crippen LogP contribution in [0.25, 0.3) is 0 Å². The Morgan fingerprint density at radius 3 is 2.38 bits per heavy atom. The Bertz CT molecular complexity index is 488. The van der Waals surface area contributed by atoms with Crippen LogP contribution >= 0.6 is 38.5 Å². The summed E-state index contributed by atoms with van der Waals surface area (Å²) in [5.41, 5.74) is 0.545. The molecule has 0 unspecified atom stereocenters. The van der Waals surface area contributed by atoms with Crippen molar-refractivity contribution in [1.29, 1.82) is 0 Å². The summed E-state index contributed by atoms with van der Waals surface area (Å²) in [4.78, 5) is 0. The molecule has 2 rings (SSSR count). The first-order valence-corrected chi connectivity index (χ1v) is 6.25. The van der Waals surface area contributed by atoms with Gasteiger partial charge in [0.15, 0.2) is 0 Å². The lowest BCUT2D eigenvalue weighted by atomic mass is 10.2. The van der Waals surface area contributed by atoms with E-state index in [0.717, 1.165) is 14.2 Å². The second-order valence-corrected chi connectivity index (χ2v) is 5.12. The zero-order valence-corrected chi connectivity index (χ0v) is 11.7. The first kappa shape index (κ1) is 12.0. The van der Waals surface area contributed by atoms with Gasteiger partial charge in [-0.1, -0.05) is 0 Å². The van der Waals surface area contributed by atoms with E-state index in [-0.39, 0.29) is 0 Å². The summed E-state index contributed by atoms with van der Waals surface area (Å²) >= 11 is 5.39. The van der Waals surface area contributed by atoms with Gasteiger partial charge < -0.3 is 0 Å². The molecule has 0 aliphatic heterocycles. The van der Waals surface area contributed by atoms with Gasteiger partial charge >= 0.3 is 0 Å². The maximum absolute atomic E-state index is 12.9. The van der Waals surface area contributed by atoms with Gasteiger partial charge in [0.25, 0.3) is 0 Å². The Hall–Kier alpha value is -0.500. The number of rotatable bonds is 2. The molecule has 2 nitrogen and oxygen atoms in total. The predicted octanol–water partition coefficient (Wildman–Crippen LogP) is 3.58. The molecule has 0 atom stereocenters. The third-order valence-corrected chi connectivity index (χ3v) is 4.06. The SMILES string of the molecule is Fc1cc(F)cc(Cn2cc(Br)c(I)n2)c1. The number of nitrogens with zero attached hydrogens (tertiary/aromatic N) is 2. The van der Waals surface area contributed by atoms with Gasteiger partial charge in [0.05, 0.1) is 11.0 Å². The van der Waals surface area contributed by atoms with Gasteiger partial charge in [-0.25, -0.2) is 8.78 Å². The summed E-state index contributed by atoms with van der Waals surface area (Å²) in [6.45, 7) is 0.344. The average Bonchev–Trinajstić information content (AvgIpc) is 2.43. The van der Waals surface area contributed by atoms with Crippen molar-refractivity contribution in [3.8, 4) is 0 Å². The van der Waals surface area contributed by atoms with Crippen molar-refractivity contribution >= 4 is 38.5 Å². The van der Waals surface area contributed by atoms with E-state index in [4.69, 9.17) is 0 Å². The molecule has 2 aromatic rings. The molecular weight excluding hydrogens is 393 g/mol. The van der Waals surface area contributed by atoms with Crippen LogP contribution in [0, 0.1) is 15.3 Å². The van der Waals surface area contributed by atoms with E-state index in [0.29, 0.717) is 12.1 Å². The molecule has 0 spiro atoms. The largest absolute Gasteiger partial charge is 0.266 e. The van der Waals surface area contributed by atoms with E-state index in [1.807, 2.05) is 0 Å². The zero-order chi connectivity index (χ0) is 11.7. The Kier molecular flexibility index (Phi) is 3.58. The van der Waals surface area contributed by atoms with Gasteiger partial charge in [0, 0.05) is 12.3 Å². The van der Waals surface area contributed by atoms with Crippen LogP contribution in [0.1, 0.15) is 5.56 Å². The van der Waals surface area contributed by atoms with Crippen LogP contribution in [0.15, 0.2) is 28.9 Å². The highest BCUT2D eigenvalue weighted by Gasteiger charge is 2.05. The van der Waals surface area contributed by atoms with Crippen LogP contribution in [0.2, 0.25) is 0 Å². The van der Waals surface area contributed by atoms with E-state index >= 15 is 0 Å². The van der Waals surface area contributed by atoms with Crippen molar-refractivity contribution in [3.63, 3.8) is 0 Å². The maximum atomic E-state index is 12.9. The molecule has 0 bridgehead atoms. The van der Waals surface area contributed by atoms with Gasteiger partial charge in [-0.2, -0.15) is 5.10 Å². The fourth-order valence-electron chi connectivity index (χ4n) is 1.34. The zero-order valence-electron chi connectivity index (χ0n) is 7.92. The number of benzene rings is 1. The van der Waals surface area contributed by atoms with Crippen molar-refractivity contribution in [2.45, 2.75) is 6.54 Å². The lowest BCUT2D eigenvalue weighted by Crippen LogP contribution is -2.01. The predicted molar refractivity (Wildman–Crippen MR) is 68.1 cm³/mol. The molecule has 0 saturated heterocycles. The molecule has 1 aromatic heterocycles. The van der Waals surface area contributed by atoms with Crippen LogP contribution in [0.4, 0.5) is 8.78 Å². The standard InChI is InChI=1S/C10H6BrF2IN2/c11-9-5-16(15-10(9)14)4-6-1-7(12)3-8(13)2-6/h1-3,5H,4H2. The first-order valence-electron chi connectivity index (χ1n) is 4.38. The summed E-state index contributed by atoms with van der Waals surface area (Å²) in [7, 11) is 0. The number of aromatic nitrogens is 2. The highest BCUT2D eigenvalue weighted by Crippen LogP contribution is 2.17. The van der Waals surface area contributed by atoms with Gasteiger partial charge in [0.1, 0.15) is 15.3 Å². The molecule has 84 valence electrons. The topological polar surface area (TPSA) is 17.8 Å². The van der Waals surface area contributed by atoms with Crippen LogP contribution in [-0.2, 0) is 6.54 Å². The second-order valence-electron chi connectivity index (χ2n) is 3.24. The molecular formula is C10H6BrF2IN2. The summed E-state index contributed by atoms with van der Waals surface area (Å²) in [6, 6.07) is 3.45. The van der Waals surface area contributed by atoms with E-state index in [2.05, 4.69) is 43.6 Å². The van der Waals surface area contributed by atoms with Crippen molar-refractivity contribution in [1.82, 2.24) is 9.78 Å². The number of hydrogen-bond donors (Lipinski definition) is 0. The molecule has 0 fully saturated rings. The summed E-state index contributed by atoms with van der Waals surface area (Å²) < 4.78 is 29.2. The Balaban J connectivity index is 2.26. The normalized spacial score (nSPS) is 10.8. The Morgan fingerprint density at radius 1 is 1.25 bits per heavy atom. The van der Waals surface area contributed by atoms with Crippen LogP contribution in [0.5, 0.6) is 0 Å². The van der Waals surface area contributed by atoms with Crippen LogP contribution < -0.4 is 0 Å². The fraction of sp³-hybridized carbons (Fsp3) is 0.100. The molecule has 0 N–H and O–H groups in total. The van der Waals surface area contributed by atoms with Gasteiger partial charge in [-0.05, 0) is 56.2 Å². The van der Waals surface area contributed by atoms with Gasteiger partial charge in [-0.15, -0.1) is 0 Å². The molecule has 16 heavy (non-hydrogen) atoms. The number of hydrogen-bond acceptors (Lipinski definition) is 1. The van der Waals surface area contributed by atoms with Crippen LogP contribution in [-0.4, -0.2) is 9.78 Å². The molecule has 1 aromatic carbocycles. The van der Waals surface area contributed by atoms with E-state index in [9.17, 15) is 8.78 Å². The Morgan fingerprint density at radius 2 is 1.88 bits per heavy atom. The summed E-state index contributed by atoms with van der Waals surface area (Å²) in [5, 5.41) is 4.18. The lowest BCUT2D eigenvalue weighted by Gasteiger charge is -2.02. The molecule has 0 aliphatic carbocycles. The van der Waals surface area contributed by atoms with E-state index < -0.39 is 11.6 Å². The molecule has 0 saturated carbocycles. The minimum Gasteiger partial charge on any atom is -0.266 e. The third-order valence-electron chi connectivity index (χ3n) is 1.94. The third kappa shape index (κ3) is 2.79. The highest BCUT2D eigenvalue weighted by atomic mass is 127. The second kappa shape index (κ2) is 4.79. The highest BCUT2D eigenvalue weighted by molar-refractivity contribution is 14.1. The minimum atomic E-state index is -0.573. The molecule has 0 amide bonds. The molecule has 0 radical (unpaired) electrons. The number of halogens is 4. The molecule has 6 heteroatoms. The van der Waals surface area contributed by atoms with Crippen molar-refractivity contribution in [2.24, 2.45) is 0 Å². The van der Waals surface area contributed by atoms with Crippen molar-refractivity contribution in [2.75, 3.05) is 0 Å². The molecule has 1 heterocycles. The summed E-state index contributed by atoms with van der Waals surface area (Å²) in [5.74, 6) is -1.15. The molecule has 0 aliphatic rings.